The van der Waals surface area contributed by atoms with E-state index in [-0.39, 0.29) is 43.8 Å². The highest BCUT2D eigenvalue weighted by Crippen LogP contribution is 2.60. The molecular formula is C37H43ClFN3O5Si. The lowest BCUT2D eigenvalue weighted by molar-refractivity contribution is -0.150. The molecule has 3 aliphatic rings. The molecule has 6 rings (SSSR count). The van der Waals surface area contributed by atoms with Crippen LogP contribution in [0.25, 0.3) is 0 Å². The number of halogens is 2. The predicted molar refractivity (Wildman–Crippen MR) is 187 cm³/mol. The largest absolute Gasteiger partial charge is 0.395 e. The van der Waals surface area contributed by atoms with Gasteiger partial charge in [-0.15, -0.1) is 0 Å². The lowest BCUT2D eigenvalue weighted by atomic mass is 9.82. The normalized spacial score (nSPS) is 24.0. The van der Waals surface area contributed by atoms with E-state index in [4.69, 9.17) is 16.3 Å². The van der Waals surface area contributed by atoms with Gasteiger partial charge in [-0.2, -0.15) is 0 Å². The summed E-state index contributed by atoms with van der Waals surface area (Å²) >= 11 is 6.52. The fraction of sp³-hybridized carbons (Fsp3) is 0.432. The zero-order chi connectivity index (χ0) is 34.2. The van der Waals surface area contributed by atoms with E-state index in [9.17, 15) is 19.5 Å². The smallest absolute Gasteiger partial charge is 0.264 e. The monoisotopic (exact) mass is 691 g/mol. The van der Waals surface area contributed by atoms with E-state index in [0.717, 1.165) is 29.7 Å². The fourth-order valence-corrected chi connectivity index (χ4v) is 10.6. The molecule has 0 bridgehead atoms. The first-order valence-electron chi connectivity index (χ1n) is 16.7. The zero-order valence-electron chi connectivity index (χ0n) is 27.7. The van der Waals surface area contributed by atoms with Crippen LogP contribution in [0.5, 0.6) is 0 Å². The number of nitrogens with zero attached hydrogens (tertiary/aromatic N) is 3. The van der Waals surface area contributed by atoms with Gasteiger partial charge >= 0.3 is 0 Å². The Morgan fingerprint density at radius 2 is 1.79 bits per heavy atom. The van der Waals surface area contributed by atoms with Gasteiger partial charge in [0.25, 0.3) is 5.91 Å². The molecule has 3 aromatic carbocycles. The number of fused-ring (bicyclic) bond motifs is 2. The van der Waals surface area contributed by atoms with Gasteiger partial charge in [0.05, 0.1) is 31.4 Å². The molecule has 1 spiro atoms. The Labute approximate surface area is 287 Å². The average Bonchev–Trinajstić information content (AvgIpc) is 3.48. The highest BCUT2D eigenvalue weighted by molar-refractivity contribution is 6.72. The molecule has 8 nitrogen and oxygen atoms in total. The maximum atomic E-state index is 16.3. The van der Waals surface area contributed by atoms with Gasteiger partial charge in [0.15, 0.2) is 5.60 Å². The molecule has 4 atom stereocenters. The molecule has 2 saturated heterocycles. The van der Waals surface area contributed by atoms with Crippen LogP contribution < -0.4 is 9.80 Å². The number of carbonyl (C=O) groups is 3. The van der Waals surface area contributed by atoms with Crippen molar-refractivity contribution in [2.75, 3.05) is 29.5 Å². The Kier molecular flexibility index (Phi) is 9.82. The Bertz CT molecular complexity index is 1670. The van der Waals surface area contributed by atoms with Gasteiger partial charge in [-0.05, 0) is 67.4 Å². The van der Waals surface area contributed by atoms with Crippen LogP contribution in [0.4, 0.5) is 15.5 Å². The first kappa shape index (κ1) is 34.3. The van der Waals surface area contributed by atoms with Crippen molar-refractivity contribution in [3.05, 3.63) is 94.5 Å². The van der Waals surface area contributed by atoms with Gasteiger partial charge in [-0.25, -0.2) is 0 Å². The summed E-state index contributed by atoms with van der Waals surface area (Å²) in [6.07, 6.45) is 1.44. The highest BCUT2D eigenvalue weighted by atomic mass is 35.5. The molecule has 11 heteroatoms. The maximum Gasteiger partial charge on any atom is 0.264 e. The van der Waals surface area contributed by atoms with Gasteiger partial charge in [-0.1, -0.05) is 61.0 Å². The summed E-state index contributed by atoms with van der Waals surface area (Å²) in [5.74, 6) is -1.04. The molecule has 1 N–H and O–H groups in total. The molecular weight excluding hydrogens is 649 g/mol. The molecule has 0 saturated carbocycles. The molecule has 3 amide bonds. The summed E-state index contributed by atoms with van der Waals surface area (Å²) in [4.78, 5) is 46.0. The fourth-order valence-electron chi connectivity index (χ4n) is 7.94. The molecule has 0 aromatic heterocycles. The van der Waals surface area contributed by atoms with Gasteiger partial charge in [-0.3, -0.25) is 14.4 Å². The van der Waals surface area contributed by atoms with Crippen LogP contribution in [0, 0.1) is 5.92 Å². The summed E-state index contributed by atoms with van der Waals surface area (Å²) in [6.45, 7) is 6.20. The predicted octanol–water partition coefficient (Wildman–Crippen LogP) is 6.59. The van der Waals surface area contributed by atoms with E-state index in [1.807, 2.05) is 61.5 Å². The minimum Gasteiger partial charge on any atom is -0.395 e. The van der Waals surface area contributed by atoms with Crippen LogP contribution in [0.2, 0.25) is 23.7 Å². The lowest BCUT2D eigenvalue weighted by Crippen LogP contribution is -2.45. The molecule has 3 aromatic rings. The van der Waals surface area contributed by atoms with Crippen LogP contribution in [0.1, 0.15) is 49.3 Å². The highest BCUT2D eigenvalue weighted by Gasteiger charge is 2.67. The molecule has 3 aliphatic heterocycles. The minimum atomic E-state index is -3.51. The summed E-state index contributed by atoms with van der Waals surface area (Å²) in [5.41, 5.74) is 1.65. The molecule has 48 heavy (non-hydrogen) atoms. The van der Waals surface area contributed by atoms with Gasteiger partial charge in [0.1, 0.15) is 0 Å². The number of aliphatic hydroxyl groups is 1. The minimum absolute atomic E-state index is 0.116. The second kappa shape index (κ2) is 13.7. The van der Waals surface area contributed by atoms with Crippen molar-refractivity contribution >= 4 is 49.1 Å². The third-order valence-corrected chi connectivity index (χ3v) is 12.8. The third-order valence-electron chi connectivity index (χ3n) is 10.1. The molecule has 0 radical (unpaired) electrons. The number of piperidine rings is 1. The Morgan fingerprint density at radius 3 is 2.46 bits per heavy atom. The van der Waals surface area contributed by atoms with Gasteiger partial charge in [0, 0.05) is 53.8 Å². The van der Waals surface area contributed by atoms with Crippen LogP contribution >= 0.6 is 11.6 Å². The van der Waals surface area contributed by atoms with Crippen LogP contribution in [0.3, 0.4) is 0 Å². The number of hydrogen-bond acceptors (Lipinski definition) is 5. The number of aliphatic hydroxyl groups excluding tert-OH is 1. The van der Waals surface area contributed by atoms with Crippen LogP contribution in [0.15, 0.2) is 72.8 Å². The van der Waals surface area contributed by atoms with Crippen molar-refractivity contribution in [1.29, 1.82) is 0 Å². The SMILES string of the molecule is C[C@@H]1[C@@H]([Si](C)(C)F)[C@H](CC(=O)N(CCO)Cc2ccccc2)O[C@@]12C(=O)N(Cc1ccc(N3CCCCC3=O)cc1)c1ccc(Cl)cc12. The first-order chi connectivity index (χ1) is 22.9. The van der Waals surface area contributed by atoms with Gasteiger partial charge < -0.3 is 28.7 Å². The quantitative estimate of drug-likeness (QED) is 0.191. The van der Waals surface area contributed by atoms with E-state index >= 15 is 4.11 Å². The van der Waals surface area contributed by atoms with E-state index in [2.05, 4.69) is 0 Å². The van der Waals surface area contributed by atoms with E-state index in [1.165, 1.54) is 0 Å². The van der Waals surface area contributed by atoms with Crippen LogP contribution in [-0.4, -0.2) is 61.9 Å². The average molecular weight is 692 g/mol. The summed E-state index contributed by atoms with van der Waals surface area (Å²) < 4.78 is 23.1. The van der Waals surface area contributed by atoms with Crippen molar-refractivity contribution in [1.82, 2.24) is 4.90 Å². The number of rotatable bonds is 10. The van der Waals surface area contributed by atoms with Crippen molar-refractivity contribution in [3.63, 3.8) is 0 Å². The summed E-state index contributed by atoms with van der Waals surface area (Å²) in [6, 6.07) is 22.4. The maximum absolute atomic E-state index is 16.3. The number of ether oxygens (including phenoxy) is 1. The molecule has 2 fully saturated rings. The third kappa shape index (κ3) is 6.43. The molecule has 254 valence electrons. The van der Waals surface area contributed by atoms with E-state index in [0.29, 0.717) is 35.8 Å². The summed E-state index contributed by atoms with van der Waals surface area (Å²) in [7, 11) is -3.51. The second-order valence-electron chi connectivity index (χ2n) is 13.7. The van der Waals surface area contributed by atoms with Crippen molar-refractivity contribution < 1.29 is 28.3 Å². The molecule has 0 aliphatic carbocycles. The molecule has 3 heterocycles. The Hall–Kier alpha value is -3.57. The number of benzene rings is 3. The number of carbonyl (C=O) groups excluding carboxylic acids is 3. The zero-order valence-corrected chi connectivity index (χ0v) is 29.5. The van der Waals surface area contributed by atoms with E-state index in [1.54, 1.807) is 46.0 Å². The van der Waals surface area contributed by atoms with Crippen molar-refractivity contribution in [3.8, 4) is 0 Å². The first-order valence-corrected chi connectivity index (χ1v) is 20.1. The van der Waals surface area contributed by atoms with Crippen molar-refractivity contribution in [2.24, 2.45) is 5.92 Å². The summed E-state index contributed by atoms with van der Waals surface area (Å²) in [5, 5.41) is 10.2. The van der Waals surface area contributed by atoms with E-state index < -0.39 is 31.6 Å². The number of anilines is 2. The van der Waals surface area contributed by atoms with Crippen molar-refractivity contribution in [2.45, 2.75) is 76.0 Å². The second-order valence-corrected chi connectivity index (χ2v) is 18.0. The standard InChI is InChI=1S/C37H43ClFN3O5Si/c1-25-35(48(2,3)39)32(22-34(45)40(19-20-43)23-26-9-5-4-6-10-26)47-37(25)30-21-28(38)14-17-31(30)42(36(37)46)24-27-12-15-29(16-13-27)41-18-8-7-11-33(41)44/h4-6,9-10,12-17,21,25,32,35,43H,7-8,11,18-20,22-24H2,1-3H3/t25-,32+,35-,37+/m1/s1. The Balaban J connectivity index is 1.30. The topological polar surface area (TPSA) is 90.4 Å². The molecule has 0 unspecified atom stereocenters. The Morgan fingerprint density at radius 1 is 1.06 bits per heavy atom. The number of hydrogen-bond donors (Lipinski definition) is 1. The lowest BCUT2D eigenvalue weighted by Gasteiger charge is -2.31. The number of amides is 3. The van der Waals surface area contributed by atoms with Crippen LogP contribution in [-0.2, 0) is 37.8 Å². The van der Waals surface area contributed by atoms with Gasteiger partial charge in [0.2, 0.25) is 20.2 Å².